The van der Waals surface area contributed by atoms with Crippen molar-refractivity contribution >= 4 is 15.9 Å². The van der Waals surface area contributed by atoms with E-state index in [4.69, 9.17) is 4.74 Å². The Balaban J connectivity index is 1.81. The van der Waals surface area contributed by atoms with Crippen LogP contribution < -0.4 is 4.74 Å². The SMILES string of the molecule is Brc1cccc(-c2ccccc2)c1Oc1ccccc1-c1ccccc1. The van der Waals surface area contributed by atoms with Gasteiger partial charge < -0.3 is 4.74 Å². The number of halogens is 1. The van der Waals surface area contributed by atoms with Crippen LogP contribution in [0.1, 0.15) is 0 Å². The van der Waals surface area contributed by atoms with E-state index in [2.05, 4.69) is 52.3 Å². The van der Waals surface area contributed by atoms with E-state index in [9.17, 15) is 0 Å². The molecule has 0 fully saturated rings. The molecule has 0 saturated carbocycles. The molecule has 0 unspecified atom stereocenters. The van der Waals surface area contributed by atoms with Crippen LogP contribution in [0.4, 0.5) is 0 Å². The molecule has 4 aromatic rings. The highest BCUT2D eigenvalue weighted by Gasteiger charge is 2.13. The molecule has 0 radical (unpaired) electrons. The minimum Gasteiger partial charge on any atom is -0.455 e. The normalized spacial score (nSPS) is 10.5. The first kappa shape index (κ1) is 16.6. The number of hydrogen-bond acceptors (Lipinski definition) is 1. The minimum absolute atomic E-state index is 0.821. The van der Waals surface area contributed by atoms with Gasteiger partial charge in [0, 0.05) is 11.1 Å². The van der Waals surface area contributed by atoms with E-state index in [-0.39, 0.29) is 0 Å². The number of ether oxygens (including phenoxy) is 1. The maximum Gasteiger partial charge on any atom is 0.149 e. The van der Waals surface area contributed by atoms with Crippen molar-refractivity contribution in [3.8, 4) is 33.8 Å². The second kappa shape index (κ2) is 7.59. The Bertz CT molecular complexity index is 1010. The molecule has 0 spiro atoms. The second-order valence-electron chi connectivity index (χ2n) is 5.95. The summed E-state index contributed by atoms with van der Waals surface area (Å²) >= 11 is 3.66. The standard InChI is InChI=1S/C24H17BrO/c25-22-16-9-15-21(19-12-5-2-6-13-19)24(22)26-23-17-8-7-14-20(23)18-10-3-1-4-11-18/h1-17H. The maximum atomic E-state index is 6.43. The lowest BCUT2D eigenvalue weighted by Crippen LogP contribution is -1.92. The number of para-hydroxylation sites is 2. The highest BCUT2D eigenvalue weighted by molar-refractivity contribution is 9.10. The molecule has 1 nitrogen and oxygen atoms in total. The summed E-state index contributed by atoms with van der Waals surface area (Å²) in [6, 6.07) is 34.8. The third-order valence-electron chi connectivity index (χ3n) is 4.24. The van der Waals surface area contributed by atoms with Gasteiger partial charge in [0.05, 0.1) is 4.47 Å². The first-order chi connectivity index (χ1) is 12.8. The van der Waals surface area contributed by atoms with E-state index in [1.165, 1.54) is 0 Å². The zero-order valence-electron chi connectivity index (χ0n) is 14.1. The summed E-state index contributed by atoms with van der Waals surface area (Å²) in [6.45, 7) is 0. The predicted molar refractivity (Wildman–Crippen MR) is 112 cm³/mol. The predicted octanol–water partition coefficient (Wildman–Crippen LogP) is 7.58. The van der Waals surface area contributed by atoms with Crippen LogP contribution in [0.25, 0.3) is 22.3 Å². The Morgan fingerprint density at radius 1 is 0.500 bits per heavy atom. The molecular formula is C24H17BrO. The van der Waals surface area contributed by atoms with Gasteiger partial charge in [-0.2, -0.15) is 0 Å². The highest BCUT2D eigenvalue weighted by Crippen LogP contribution is 2.41. The lowest BCUT2D eigenvalue weighted by atomic mass is 10.0. The zero-order chi connectivity index (χ0) is 17.8. The Labute approximate surface area is 162 Å². The van der Waals surface area contributed by atoms with Crippen LogP contribution in [0.2, 0.25) is 0 Å². The van der Waals surface area contributed by atoms with Gasteiger partial charge in [0.25, 0.3) is 0 Å². The van der Waals surface area contributed by atoms with Gasteiger partial charge in [-0.15, -0.1) is 0 Å². The summed E-state index contributed by atoms with van der Waals surface area (Å²) in [5.74, 6) is 1.66. The fourth-order valence-corrected chi connectivity index (χ4v) is 3.43. The third-order valence-corrected chi connectivity index (χ3v) is 4.86. The van der Waals surface area contributed by atoms with E-state index < -0.39 is 0 Å². The van der Waals surface area contributed by atoms with Crippen molar-refractivity contribution in [2.75, 3.05) is 0 Å². The van der Waals surface area contributed by atoms with Crippen molar-refractivity contribution in [2.24, 2.45) is 0 Å². The van der Waals surface area contributed by atoms with Crippen molar-refractivity contribution < 1.29 is 4.74 Å². The molecule has 0 aliphatic carbocycles. The van der Waals surface area contributed by atoms with Gasteiger partial charge in [0.2, 0.25) is 0 Å². The maximum absolute atomic E-state index is 6.43. The summed E-state index contributed by atoms with van der Waals surface area (Å²) in [6.07, 6.45) is 0. The molecular weight excluding hydrogens is 384 g/mol. The fraction of sp³-hybridized carbons (Fsp3) is 0. The van der Waals surface area contributed by atoms with Crippen molar-refractivity contribution in [3.05, 3.63) is 108 Å². The molecule has 0 aromatic heterocycles. The van der Waals surface area contributed by atoms with Crippen LogP contribution in [-0.4, -0.2) is 0 Å². The summed E-state index contributed by atoms with van der Waals surface area (Å²) in [5.41, 5.74) is 4.39. The van der Waals surface area contributed by atoms with Gasteiger partial charge in [0.1, 0.15) is 11.5 Å². The molecule has 4 aromatic carbocycles. The smallest absolute Gasteiger partial charge is 0.149 e. The molecule has 0 heterocycles. The van der Waals surface area contributed by atoms with Crippen LogP contribution in [0.5, 0.6) is 11.5 Å². The van der Waals surface area contributed by atoms with E-state index in [1.807, 2.05) is 66.7 Å². The molecule has 0 atom stereocenters. The lowest BCUT2D eigenvalue weighted by Gasteiger charge is -2.16. The number of benzene rings is 4. The molecule has 0 N–H and O–H groups in total. The number of hydrogen-bond donors (Lipinski definition) is 0. The summed E-state index contributed by atoms with van der Waals surface area (Å²) in [7, 11) is 0. The first-order valence-corrected chi connectivity index (χ1v) is 9.28. The van der Waals surface area contributed by atoms with Crippen LogP contribution in [0, 0.1) is 0 Å². The average molecular weight is 401 g/mol. The van der Waals surface area contributed by atoms with E-state index in [1.54, 1.807) is 0 Å². The van der Waals surface area contributed by atoms with Crippen molar-refractivity contribution in [1.29, 1.82) is 0 Å². The Hall–Kier alpha value is -2.84. The molecule has 2 heteroatoms. The minimum atomic E-state index is 0.821. The van der Waals surface area contributed by atoms with E-state index in [0.29, 0.717) is 0 Å². The van der Waals surface area contributed by atoms with Gasteiger partial charge in [-0.3, -0.25) is 0 Å². The van der Waals surface area contributed by atoms with Crippen LogP contribution in [-0.2, 0) is 0 Å². The summed E-state index contributed by atoms with van der Waals surface area (Å²) in [5, 5.41) is 0. The van der Waals surface area contributed by atoms with Crippen molar-refractivity contribution in [3.63, 3.8) is 0 Å². The van der Waals surface area contributed by atoms with Gasteiger partial charge in [-0.25, -0.2) is 0 Å². The van der Waals surface area contributed by atoms with E-state index >= 15 is 0 Å². The molecule has 0 aliphatic heterocycles. The average Bonchev–Trinajstić information content (AvgIpc) is 2.71. The summed E-state index contributed by atoms with van der Waals surface area (Å²) < 4.78 is 7.37. The molecule has 4 rings (SSSR count). The van der Waals surface area contributed by atoms with Gasteiger partial charge in [-0.1, -0.05) is 91.0 Å². The van der Waals surface area contributed by atoms with Crippen LogP contribution in [0.15, 0.2) is 108 Å². The first-order valence-electron chi connectivity index (χ1n) is 8.49. The highest BCUT2D eigenvalue weighted by atomic mass is 79.9. The second-order valence-corrected chi connectivity index (χ2v) is 6.80. The van der Waals surface area contributed by atoms with Gasteiger partial charge >= 0.3 is 0 Å². The van der Waals surface area contributed by atoms with Crippen LogP contribution >= 0.6 is 15.9 Å². The molecule has 0 aliphatic rings. The quantitative estimate of drug-likeness (QED) is 0.343. The third kappa shape index (κ3) is 3.42. The van der Waals surface area contributed by atoms with Crippen LogP contribution in [0.3, 0.4) is 0 Å². The molecule has 126 valence electrons. The molecule has 26 heavy (non-hydrogen) atoms. The van der Waals surface area contributed by atoms with Gasteiger partial charge in [0.15, 0.2) is 0 Å². The molecule has 0 bridgehead atoms. The largest absolute Gasteiger partial charge is 0.455 e. The molecule has 0 amide bonds. The van der Waals surface area contributed by atoms with E-state index in [0.717, 1.165) is 38.2 Å². The number of rotatable bonds is 4. The van der Waals surface area contributed by atoms with Crippen molar-refractivity contribution in [2.45, 2.75) is 0 Å². The van der Waals surface area contributed by atoms with Crippen molar-refractivity contribution in [1.82, 2.24) is 0 Å². The Kier molecular flexibility index (Phi) is 4.85. The zero-order valence-corrected chi connectivity index (χ0v) is 15.7. The fourth-order valence-electron chi connectivity index (χ4n) is 2.98. The lowest BCUT2D eigenvalue weighted by molar-refractivity contribution is 0.483. The summed E-state index contributed by atoms with van der Waals surface area (Å²) in [4.78, 5) is 0. The Morgan fingerprint density at radius 3 is 1.73 bits per heavy atom. The Morgan fingerprint density at radius 2 is 1.04 bits per heavy atom. The monoisotopic (exact) mass is 400 g/mol. The topological polar surface area (TPSA) is 9.23 Å². The van der Waals surface area contributed by atoms with Gasteiger partial charge in [-0.05, 0) is 39.2 Å². The molecule has 0 saturated heterocycles.